The molecule has 3 rings (SSSR count). The topological polar surface area (TPSA) is 78.7 Å². The number of nitrogen functional groups attached to an aromatic ring is 1. The number of aromatic nitrogens is 4. The summed E-state index contributed by atoms with van der Waals surface area (Å²) in [5, 5.41) is 0.149. The highest BCUT2D eigenvalue weighted by molar-refractivity contribution is 7.99. The van der Waals surface area contributed by atoms with Crippen molar-refractivity contribution >= 4 is 17.6 Å². The van der Waals surface area contributed by atoms with Gasteiger partial charge in [0.15, 0.2) is 0 Å². The largest absolute Gasteiger partial charge is 0.382 e. The fourth-order valence-corrected chi connectivity index (χ4v) is 3.97. The van der Waals surface area contributed by atoms with Gasteiger partial charge in [0, 0.05) is 25.0 Å². The maximum atomic E-state index is 12.1. The number of hydrogen-bond acceptors (Lipinski definition) is 5. The van der Waals surface area contributed by atoms with Gasteiger partial charge in [-0.2, -0.15) is 4.98 Å². The van der Waals surface area contributed by atoms with Gasteiger partial charge < -0.3 is 10.3 Å². The molecule has 1 saturated heterocycles. The average molecular weight is 343 g/mol. The number of hydrogen-bond donors (Lipinski definition) is 1. The number of rotatable bonds is 4. The second-order valence-electron chi connectivity index (χ2n) is 5.72. The van der Waals surface area contributed by atoms with Gasteiger partial charge in [0.1, 0.15) is 11.6 Å². The number of imidazole rings is 1. The lowest BCUT2D eigenvalue weighted by molar-refractivity contribution is 0.608. The molecule has 0 bridgehead atoms. The lowest BCUT2D eigenvalue weighted by atomic mass is 10.3. The summed E-state index contributed by atoms with van der Waals surface area (Å²) in [6.45, 7) is 2.67. The van der Waals surface area contributed by atoms with Crippen molar-refractivity contribution < 1.29 is 0 Å². The molecule has 1 atom stereocenters. The van der Waals surface area contributed by atoms with Crippen LogP contribution in [-0.2, 0) is 13.0 Å². The Morgan fingerprint density at radius 1 is 1.50 bits per heavy atom. The maximum absolute atomic E-state index is 12.1. The van der Waals surface area contributed by atoms with Crippen molar-refractivity contribution in [2.75, 3.05) is 11.5 Å². The van der Waals surface area contributed by atoms with E-state index in [0.29, 0.717) is 12.1 Å². The first-order chi connectivity index (χ1) is 11.7. The first-order valence-corrected chi connectivity index (χ1v) is 9.23. The van der Waals surface area contributed by atoms with E-state index in [-0.39, 0.29) is 16.9 Å². The van der Waals surface area contributed by atoms with Crippen molar-refractivity contribution in [3.63, 3.8) is 0 Å². The number of anilines is 1. The Bertz CT molecular complexity index is 823. The molecule has 2 aromatic heterocycles. The van der Waals surface area contributed by atoms with Crippen molar-refractivity contribution in [3.8, 4) is 11.8 Å². The van der Waals surface area contributed by atoms with E-state index in [0.717, 1.165) is 37.3 Å². The molecule has 6 nitrogen and oxygen atoms in total. The van der Waals surface area contributed by atoms with E-state index < -0.39 is 0 Å². The van der Waals surface area contributed by atoms with Gasteiger partial charge in [0.2, 0.25) is 0 Å². The minimum Gasteiger partial charge on any atom is -0.382 e. The summed E-state index contributed by atoms with van der Waals surface area (Å²) in [5.41, 5.74) is 6.19. The van der Waals surface area contributed by atoms with Crippen LogP contribution in [0.5, 0.6) is 0 Å². The monoisotopic (exact) mass is 343 g/mol. The van der Waals surface area contributed by atoms with E-state index in [1.807, 2.05) is 10.8 Å². The third kappa shape index (κ3) is 3.65. The predicted octanol–water partition coefficient (Wildman–Crippen LogP) is 2.05. The second-order valence-corrected chi connectivity index (χ2v) is 7.01. The van der Waals surface area contributed by atoms with Gasteiger partial charge in [-0.05, 0) is 25.0 Å². The van der Waals surface area contributed by atoms with Crippen LogP contribution in [0.1, 0.15) is 42.9 Å². The fraction of sp³-hybridized carbons (Fsp3) is 0.471. The van der Waals surface area contributed by atoms with E-state index >= 15 is 0 Å². The SMILES string of the molecule is CCCc1nccn1CC#Cc1cn([C@H]2CCCS2)c(=O)nc1N. The molecule has 2 N–H and O–H groups in total. The standard InChI is InChI=1S/C17H21N5OS/c1-2-5-14-19-8-10-21(14)9-3-6-13-12-22(15-7-4-11-24-15)17(23)20-16(13)18/h8,10,12,15H,2,4-5,7,9,11H2,1H3,(H2,18,20,23)/t15-/m1/s1. The first-order valence-electron chi connectivity index (χ1n) is 8.18. The predicted molar refractivity (Wildman–Crippen MR) is 96.7 cm³/mol. The van der Waals surface area contributed by atoms with E-state index in [1.54, 1.807) is 28.7 Å². The highest BCUT2D eigenvalue weighted by Gasteiger charge is 2.19. The Labute approximate surface area is 145 Å². The molecule has 0 spiro atoms. The Kier molecular flexibility index (Phi) is 5.26. The zero-order chi connectivity index (χ0) is 16.9. The molecular formula is C17H21N5OS. The third-order valence-corrected chi connectivity index (χ3v) is 5.32. The number of thioether (sulfide) groups is 1. The van der Waals surface area contributed by atoms with Crippen LogP contribution in [0.15, 0.2) is 23.4 Å². The van der Waals surface area contributed by atoms with Crippen LogP contribution in [0, 0.1) is 11.8 Å². The zero-order valence-corrected chi connectivity index (χ0v) is 14.6. The molecule has 0 aromatic carbocycles. The summed E-state index contributed by atoms with van der Waals surface area (Å²) in [6, 6.07) is 0. The molecule has 1 aliphatic heterocycles. The summed E-state index contributed by atoms with van der Waals surface area (Å²) in [4.78, 5) is 20.3. The lowest BCUT2D eigenvalue weighted by Gasteiger charge is -2.12. The molecule has 2 aromatic rings. The molecule has 0 amide bonds. The van der Waals surface area contributed by atoms with E-state index in [9.17, 15) is 4.79 Å². The molecule has 1 fully saturated rings. The van der Waals surface area contributed by atoms with E-state index in [1.165, 1.54) is 0 Å². The summed E-state index contributed by atoms with van der Waals surface area (Å²) >= 11 is 1.78. The van der Waals surface area contributed by atoms with Gasteiger partial charge in [-0.1, -0.05) is 18.8 Å². The summed E-state index contributed by atoms with van der Waals surface area (Å²) in [7, 11) is 0. The zero-order valence-electron chi connectivity index (χ0n) is 13.7. The molecular weight excluding hydrogens is 322 g/mol. The first kappa shape index (κ1) is 16.7. The van der Waals surface area contributed by atoms with E-state index in [4.69, 9.17) is 5.73 Å². The van der Waals surface area contributed by atoms with Crippen LogP contribution in [0.3, 0.4) is 0 Å². The molecule has 126 valence electrons. The smallest absolute Gasteiger partial charge is 0.350 e. The number of nitrogens with two attached hydrogens (primary N) is 1. The Hall–Kier alpha value is -2.20. The Balaban J connectivity index is 1.81. The summed E-state index contributed by atoms with van der Waals surface area (Å²) < 4.78 is 3.70. The van der Waals surface area contributed by atoms with Crippen LogP contribution in [0.25, 0.3) is 0 Å². The van der Waals surface area contributed by atoms with Crippen molar-refractivity contribution in [2.24, 2.45) is 0 Å². The molecule has 1 aliphatic rings. The quantitative estimate of drug-likeness (QED) is 0.860. The molecule has 0 unspecified atom stereocenters. The van der Waals surface area contributed by atoms with E-state index in [2.05, 4.69) is 28.7 Å². The molecule has 24 heavy (non-hydrogen) atoms. The minimum absolute atomic E-state index is 0.149. The van der Waals surface area contributed by atoms with Crippen LogP contribution in [0.2, 0.25) is 0 Å². The Morgan fingerprint density at radius 3 is 3.12 bits per heavy atom. The van der Waals surface area contributed by atoms with Gasteiger partial charge in [-0.25, -0.2) is 9.78 Å². The van der Waals surface area contributed by atoms with Crippen molar-refractivity contribution in [3.05, 3.63) is 40.5 Å². The molecule has 0 aliphatic carbocycles. The van der Waals surface area contributed by atoms with Crippen LogP contribution < -0.4 is 11.4 Å². The van der Waals surface area contributed by atoms with Crippen molar-refractivity contribution in [1.29, 1.82) is 0 Å². The average Bonchev–Trinajstić information content (AvgIpc) is 3.22. The molecule has 3 heterocycles. The lowest BCUT2D eigenvalue weighted by Crippen LogP contribution is -2.26. The number of aryl methyl sites for hydroxylation is 1. The minimum atomic E-state index is -0.294. The van der Waals surface area contributed by atoms with Crippen LogP contribution >= 0.6 is 11.8 Å². The summed E-state index contributed by atoms with van der Waals surface area (Å²) in [5.74, 6) is 8.47. The van der Waals surface area contributed by atoms with Crippen LogP contribution in [0.4, 0.5) is 5.82 Å². The second kappa shape index (κ2) is 7.58. The molecule has 0 saturated carbocycles. The molecule has 7 heteroatoms. The maximum Gasteiger partial charge on any atom is 0.350 e. The van der Waals surface area contributed by atoms with Crippen molar-refractivity contribution in [1.82, 2.24) is 19.1 Å². The van der Waals surface area contributed by atoms with Gasteiger partial charge >= 0.3 is 5.69 Å². The fourth-order valence-electron chi connectivity index (χ4n) is 2.72. The Morgan fingerprint density at radius 2 is 2.38 bits per heavy atom. The number of nitrogens with zero attached hydrogens (tertiary/aromatic N) is 4. The van der Waals surface area contributed by atoms with Gasteiger partial charge in [-0.15, -0.1) is 11.8 Å². The van der Waals surface area contributed by atoms with Gasteiger partial charge in [-0.3, -0.25) is 4.57 Å². The van der Waals surface area contributed by atoms with Gasteiger partial charge in [0.25, 0.3) is 0 Å². The molecule has 0 radical (unpaired) electrons. The highest BCUT2D eigenvalue weighted by atomic mass is 32.2. The van der Waals surface area contributed by atoms with Crippen LogP contribution in [-0.4, -0.2) is 24.9 Å². The summed E-state index contributed by atoms with van der Waals surface area (Å²) in [6.07, 6.45) is 9.55. The van der Waals surface area contributed by atoms with Gasteiger partial charge in [0.05, 0.1) is 17.5 Å². The third-order valence-electron chi connectivity index (χ3n) is 3.94. The highest BCUT2D eigenvalue weighted by Crippen LogP contribution is 2.34. The van der Waals surface area contributed by atoms with Crippen molar-refractivity contribution in [2.45, 2.75) is 44.5 Å². The normalized spacial score (nSPS) is 16.8.